The highest BCUT2D eigenvalue weighted by atomic mass is 16.5. The molecular weight excluding hydrogens is 318 g/mol. The number of benzene rings is 2. The molecule has 0 radical (unpaired) electrons. The molecule has 0 fully saturated rings. The van der Waals surface area contributed by atoms with E-state index in [9.17, 15) is 9.59 Å². The number of ether oxygens (including phenoxy) is 1. The maximum absolute atomic E-state index is 12.6. The molecule has 0 aliphatic carbocycles. The largest absolute Gasteiger partial charge is 0.481 e. The molecule has 0 bridgehead atoms. The third-order valence-corrected chi connectivity index (χ3v) is 4.32. The Morgan fingerprint density at radius 1 is 1.12 bits per heavy atom. The van der Waals surface area contributed by atoms with Crippen molar-refractivity contribution < 1.29 is 19.4 Å². The van der Waals surface area contributed by atoms with Crippen LogP contribution < -0.4 is 10.1 Å². The number of hydrogen-bond donors (Lipinski definition) is 2. The van der Waals surface area contributed by atoms with E-state index in [0.29, 0.717) is 19.3 Å². The summed E-state index contributed by atoms with van der Waals surface area (Å²) in [5, 5.41) is 11.9. The molecule has 2 atom stereocenters. The molecule has 0 aromatic heterocycles. The summed E-state index contributed by atoms with van der Waals surface area (Å²) in [6.45, 7) is 0. The summed E-state index contributed by atoms with van der Waals surface area (Å²) in [6, 6.07) is 17.1. The number of rotatable bonds is 7. The second kappa shape index (κ2) is 7.83. The summed E-state index contributed by atoms with van der Waals surface area (Å²) in [6.07, 6.45) is 0.984. The van der Waals surface area contributed by atoms with Crippen LogP contribution in [-0.4, -0.2) is 29.1 Å². The van der Waals surface area contributed by atoms with Crippen molar-refractivity contribution in [3.05, 3.63) is 65.7 Å². The Bertz CT molecular complexity index is 719. The summed E-state index contributed by atoms with van der Waals surface area (Å²) in [5.41, 5.74) is 2.08. The lowest BCUT2D eigenvalue weighted by Gasteiger charge is -2.20. The second-order valence-electron chi connectivity index (χ2n) is 6.25. The predicted molar refractivity (Wildman–Crippen MR) is 93.5 cm³/mol. The summed E-state index contributed by atoms with van der Waals surface area (Å²) < 4.78 is 5.72. The average molecular weight is 339 g/mol. The first-order chi connectivity index (χ1) is 12.1. The highest BCUT2D eigenvalue weighted by Crippen LogP contribution is 2.28. The fourth-order valence-electron chi connectivity index (χ4n) is 3.04. The zero-order valence-electron chi connectivity index (χ0n) is 13.9. The minimum absolute atomic E-state index is 0.0174. The van der Waals surface area contributed by atoms with Gasteiger partial charge in [0.2, 0.25) is 0 Å². The quantitative estimate of drug-likeness (QED) is 0.813. The number of carbonyl (C=O) groups is 2. The van der Waals surface area contributed by atoms with Crippen LogP contribution in [0.3, 0.4) is 0 Å². The summed E-state index contributed by atoms with van der Waals surface area (Å²) in [5.74, 6) is -0.313. The SMILES string of the molecule is O=C(O)CCC(Cc1ccccc1)NC(=O)C1Cc2ccccc2O1. The van der Waals surface area contributed by atoms with E-state index in [1.54, 1.807) is 0 Å². The normalized spacial score (nSPS) is 16.6. The van der Waals surface area contributed by atoms with Crippen LogP contribution in [-0.2, 0) is 22.4 Å². The van der Waals surface area contributed by atoms with Crippen molar-refractivity contribution >= 4 is 11.9 Å². The zero-order valence-corrected chi connectivity index (χ0v) is 13.9. The Labute approximate surface area is 146 Å². The topological polar surface area (TPSA) is 75.6 Å². The maximum atomic E-state index is 12.6. The summed E-state index contributed by atoms with van der Waals surface area (Å²) in [7, 11) is 0. The van der Waals surface area contributed by atoms with Crippen LogP contribution in [0.2, 0.25) is 0 Å². The van der Waals surface area contributed by atoms with Gasteiger partial charge in [-0.25, -0.2) is 0 Å². The second-order valence-corrected chi connectivity index (χ2v) is 6.25. The third-order valence-electron chi connectivity index (χ3n) is 4.32. The van der Waals surface area contributed by atoms with Crippen molar-refractivity contribution in [1.29, 1.82) is 0 Å². The lowest BCUT2D eigenvalue weighted by molar-refractivity contribution is -0.137. The third kappa shape index (κ3) is 4.59. The van der Waals surface area contributed by atoms with Crippen LogP contribution in [0.15, 0.2) is 54.6 Å². The van der Waals surface area contributed by atoms with E-state index in [1.807, 2.05) is 54.6 Å². The van der Waals surface area contributed by atoms with Crippen LogP contribution >= 0.6 is 0 Å². The maximum Gasteiger partial charge on any atom is 0.303 e. The minimum atomic E-state index is -0.864. The number of nitrogens with one attached hydrogen (secondary N) is 1. The molecule has 5 nitrogen and oxygen atoms in total. The van der Waals surface area contributed by atoms with E-state index < -0.39 is 12.1 Å². The van der Waals surface area contributed by atoms with E-state index in [0.717, 1.165) is 16.9 Å². The molecule has 0 saturated carbocycles. The first-order valence-corrected chi connectivity index (χ1v) is 8.42. The van der Waals surface area contributed by atoms with Gasteiger partial charge in [-0.3, -0.25) is 9.59 Å². The lowest BCUT2D eigenvalue weighted by atomic mass is 10.0. The molecule has 130 valence electrons. The van der Waals surface area contributed by atoms with E-state index in [2.05, 4.69) is 5.32 Å². The fourth-order valence-corrected chi connectivity index (χ4v) is 3.04. The number of amides is 1. The van der Waals surface area contributed by atoms with Gasteiger partial charge in [-0.05, 0) is 30.0 Å². The van der Waals surface area contributed by atoms with Gasteiger partial charge in [0, 0.05) is 18.9 Å². The highest BCUT2D eigenvalue weighted by molar-refractivity contribution is 5.82. The van der Waals surface area contributed by atoms with Gasteiger partial charge in [0.1, 0.15) is 5.75 Å². The Morgan fingerprint density at radius 3 is 2.56 bits per heavy atom. The van der Waals surface area contributed by atoms with Crippen molar-refractivity contribution in [2.45, 2.75) is 37.8 Å². The van der Waals surface area contributed by atoms with E-state index in [-0.39, 0.29) is 18.4 Å². The number of fused-ring (bicyclic) bond motifs is 1. The molecule has 1 heterocycles. The van der Waals surface area contributed by atoms with Crippen LogP contribution in [0.5, 0.6) is 5.75 Å². The number of carbonyl (C=O) groups excluding carboxylic acids is 1. The number of aliphatic carboxylic acids is 1. The monoisotopic (exact) mass is 339 g/mol. The molecule has 0 spiro atoms. The molecule has 2 N–H and O–H groups in total. The minimum Gasteiger partial charge on any atom is -0.481 e. The molecule has 1 aliphatic rings. The molecule has 2 aromatic carbocycles. The number of para-hydroxylation sites is 1. The van der Waals surface area contributed by atoms with Gasteiger partial charge in [-0.1, -0.05) is 48.5 Å². The van der Waals surface area contributed by atoms with E-state index in [4.69, 9.17) is 9.84 Å². The molecule has 2 unspecified atom stereocenters. The molecule has 3 rings (SSSR count). The van der Waals surface area contributed by atoms with Gasteiger partial charge in [0.05, 0.1) is 0 Å². The van der Waals surface area contributed by atoms with Gasteiger partial charge in [-0.2, -0.15) is 0 Å². The van der Waals surface area contributed by atoms with Crippen LogP contribution in [0.4, 0.5) is 0 Å². The van der Waals surface area contributed by atoms with Gasteiger partial charge in [-0.15, -0.1) is 0 Å². The van der Waals surface area contributed by atoms with Gasteiger partial charge in [0.15, 0.2) is 6.10 Å². The first kappa shape index (κ1) is 17.0. The highest BCUT2D eigenvalue weighted by Gasteiger charge is 2.30. The van der Waals surface area contributed by atoms with Crippen LogP contribution in [0.25, 0.3) is 0 Å². The first-order valence-electron chi connectivity index (χ1n) is 8.42. The van der Waals surface area contributed by atoms with Gasteiger partial charge < -0.3 is 15.2 Å². The molecule has 0 saturated heterocycles. The zero-order chi connectivity index (χ0) is 17.6. The molecule has 5 heteroatoms. The molecular formula is C20H21NO4. The Morgan fingerprint density at radius 2 is 1.84 bits per heavy atom. The van der Waals surface area contributed by atoms with Crippen molar-refractivity contribution in [2.24, 2.45) is 0 Å². The van der Waals surface area contributed by atoms with Crippen molar-refractivity contribution in [2.75, 3.05) is 0 Å². The molecule has 25 heavy (non-hydrogen) atoms. The molecule has 2 aromatic rings. The van der Waals surface area contributed by atoms with E-state index in [1.165, 1.54) is 0 Å². The van der Waals surface area contributed by atoms with Crippen molar-refractivity contribution in [3.63, 3.8) is 0 Å². The smallest absolute Gasteiger partial charge is 0.303 e. The Kier molecular flexibility index (Phi) is 5.33. The molecule has 1 aliphatic heterocycles. The lowest BCUT2D eigenvalue weighted by Crippen LogP contribution is -2.44. The number of carboxylic acid groups (broad SMARTS) is 1. The Balaban J connectivity index is 1.63. The summed E-state index contributed by atoms with van der Waals surface area (Å²) in [4.78, 5) is 23.5. The average Bonchev–Trinajstić information content (AvgIpc) is 3.05. The van der Waals surface area contributed by atoms with Crippen LogP contribution in [0.1, 0.15) is 24.0 Å². The molecule has 1 amide bonds. The number of hydrogen-bond acceptors (Lipinski definition) is 3. The van der Waals surface area contributed by atoms with Crippen molar-refractivity contribution in [3.8, 4) is 5.75 Å². The van der Waals surface area contributed by atoms with Crippen LogP contribution in [0, 0.1) is 0 Å². The standard InChI is InChI=1S/C20H21NO4/c22-19(23)11-10-16(12-14-6-2-1-3-7-14)21-20(24)18-13-15-8-4-5-9-17(15)25-18/h1-9,16,18H,10-13H2,(H,21,24)(H,22,23). The summed E-state index contributed by atoms with van der Waals surface area (Å²) >= 11 is 0. The van der Waals surface area contributed by atoms with Gasteiger partial charge >= 0.3 is 5.97 Å². The van der Waals surface area contributed by atoms with Gasteiger partial charge in [0.25, 0.3) is 5.91 Å². The number of carboxylic acids is 1. The van der Waals surface area contributed by atoms with Crippen molar-refractivity contribution in [1.82, 2.24) is 5.32 Å². The fraction of sp³-hybridized carbons (Fsp3) is 0.300. The van der Waals surface area contributed by atoms with E-state index >= 15 is 0 Å². The predicted octanol–water partition coefficient (Wildman–Crippen LogP) is 2.58. The Hall–Kier alpha value is -2.82.